The summed E-state index contributed by atoms with van der Waals surface area (Å²) in [5.41, 5.74) is 3.55. The molecule has 0 aliphatic carbocycles. The van der Waals surface area contributed by atoms with Crippen LogP contribution in [0.5, 0.6) is 5.75 Å². The normalized spacial score (nSPS) is 21.7. The largest absolute Gasteiger partial charge is 0.454 e. The minimum absolute atomic E-state index is 0.486. The molecule has 0 aromatic heterocycles. The molecule has 0 radical (unpaired) electrons. The first-order chi connectivity index (χ1) is 11.0. The van der Waals surface area contributed by atoms with Crippen molar-refractivity contribution < 1.29 is 4.74 Å². The van der Waals surface area contributed by atoms with E-state index < -0.39 is 5.06 Å². The number of hydrogen-bond donors (Lipinski definition) is 0. The predicted octanol–water partition coefficient (Wildman–Crippen LogP) is 5.86. The molecule has 2 aliphatic rings. The molecule has 0 N–H and O–H groups in total. The van der Waals surface area contributed by atoms with Crippen molar-refractivity contribution in [3.8, 4) is 5.75 Å². The van der Waals surface area contributed by atoms with Crippen molar-refractivity contribution in [3.05, 3.63) is 52.0 Å². The molecule has 5 heteroatoms. The van der Waals surface area contributed by atoms with E-state index in [4.69, 9.17) is 4.74 Å². The number of rotatable bonds is 1. The summed E-state index contributed by atoms with van der Waals surface area (Å²) in [7, 11) is 2.11. The molecule has 2 aliphatic heterocycles. The lowest BCUT2D eigenvalue weighted by Crippen LogP contribution is -2.48. The van der Waals surface area contributed by atoms with Crippen molar-refractivity contribution in [1.82, 2.24) is 0 Å². The van der Waals surface area contributed by atoms with Gasteiger partial charge in [0.15, 0.2) is 0 Å². The Balaban J connectivity index is 1.80. The number of nitrogens with zero attached hydrogens (tertiary/aromatic N) is 1. The van der Waals surface area contributed by atoms with E-state index in [2.05, 4.69) is 71.4 Å². The molecule has 0 fully saturated rings. The number of thioether (sulfide) groups is 2. The third kappa shape index (κ3) is 2.32. The Kier molecular flexibility index (Phi) is 3.70. The highest BCUT2D eigenvalue weighted by Crippen LogP contribution is 2.56. The van der Waals surface area contributed by atoms with Crippen molar-refractivity contribution in [2.75, 3.05) is 18.2 Å². The number of halogens is 1. The lowest BCUT2D eigenvalue weighted by Gasteiger charge is -2.40. The molecular weight excluding hydrogens is 390 g/mol. The van der Waals surface area contributed by atoms with Gasteiger partial charge in [0.05, 0.1) is 5.69 Å². The maximum absolute atomic E-state index is 6.51. The van der Waals surface area contributed by atoms with Crippen LogP contribution in [0.15, 0.2) is 56.2 Å². The third-order valence-electron chi connectivity index (χ3n) is 4.31. The van der Waals surface area contributed by atoms with E-state index in [1.54, 1.807) is 23.5 Å². The Labute approximate surface area is 153 Å². The fourth-order valence-electron chi connectivity index (χ4n) is 3.07. The van der Waals surface area contributed by atoms with Crippen LogP contribution in [0.2, 0.25) is 0 Å². The molecule has 0 saturated heterocycles. The number of benzene rings is 2. The van der Waals surface area contributed by atoms with Gasteiger partial charge in [-0.2, -0.15) is 0 Å². The SMILES string of the molecule is CSc1ccc2c(c1)SC1(Oc3ccc(Br)cc3C=C1C)N2C. The summed E-state index contributed by atoms with van der Waals surface area (Å²) in [5, 5.41) is -0.486. The Morgan fingerprint density at radius 3 is 2.83 bits per heavy atom. The van der Waals surface area contributed by atoms with Crippen molar-refractivity contribution in [3.63, 3.8) is 0 Å². The number of hydrogen-bond acceptors (Lipinski definition) is 4. The second kappa shape index (κ2) is 5.50. The first kappa shape index (κ1) is 15.5. The van der Waals surface area contributed by atoms with Crippen molar-refractivity contribution >= 4 is 51.2 Å². The van der Waals surface area contributed by atoms with Gasteiger partial charge < -0.3 is 9.64 Å². The molecule has 2 nitrogen and oxygen atoms in total. The minimum atomic E-state index is -0.486. The van der Waals surface area contributed by atoms with E-state index in [0.29, 0.717) is 0 Å². The summed E-state index contributed by atoms with van der Waals surface area (Å²) < 4.78 is 7.58. The number of likely N-dealkylation sites (N-methyl/N-ethyl adjacent to an activating group) is 1. The molecule has 0 saturated carbocycles. The maximum atomic E-state index is 6.51. The van der Waals surface area contributed by atoms with Crippen LogP contribution < -0.4 is 9.64 Å². The summed E-state index contributed by atoms with van der Waals surface area (Å²) in [4.78, 5) is 4.80. The molecule has 23 heavy (non-hydrogen) atoms. The molecule has 2 aromatic carbocycles. The van der Waals surface area contributed by atoms with Crippen LogP contribution >= 0.6 is 39.5 Å². The highest BCUT2D eigenvalue weighted by atomic mass is 79.9. The average molecular weight is 406 g/mol. The Morgan fingerprint density at radius 1 is 1.22 bits per heavy atom. The maximum Gasteiger partial charge on any atom is 0.258 e. The number of fused-ring (bicyclic) bond motifs is 2. The van der Waals surface area contributed by atoms with Crippen LogP contribution in [-0.4, -0.2) is 18.4 Å². The van der Waals surface area contributed by atoms with Gasteiger partial charge in [-0.15, -0.1) is 11.8 Å². The molecular formula is C18H16BrNOS2. The van der Waals surface area contributed by atoms with Gasteiger partial charge >= 0.3 is 0 Å². The summed E-state index contributed by atoms with van der Waals surface area (Å²) in [6.45, 7) is 2.15. The Morgan fingerprint density at radius 2 is 2.04 bits per heavy atom. The molecule has 1 atom stereocenters. The van der Waals surface area contributed by atoms with E-state index in [9.17, 15) is 0 Å². The summed E-state index contributed by atoms with van der Waals surface area (Å²) in [6, 6.07) is 12.8. The van der Waals surface area contributed by atoms with Gasteiger partial charge in [-0.05, 0) is 67.4 Å². The van der Waals surface area contributed by atoms with Gasteiger partial charge in [0.25, 0.3) is 5.06 Å². The van der Waals surface area contributed by atoms with E-state index in [1.165, 1.54) is 21.1 Å². The first-order valence-corrected chi connectivity index (χ1v) is 10.1. The van der Waals surface area contributed by atoms with E-state index in [-0.39, 0.29) is 0 Å². The fourth-order valence-corrected chi connectivity index (χ4v) is 5.34. The summed E-state index contributed by atoms with van der Waals surface area (Å²) in [6.07, 6.45) is 4.34. The fraction of sp³-hybridized carbons (Fsp3) is 0.222. The van der Waals surface area contributed by atoms with Crippen LogP contribution in [0.25, 0.3) is 6.08 Å². The van der Waals surface area contributed by atoms with Crippen LogP contribution in [-0.2, 0) is 0 Å². The third-order valence-corrected chi connectivity index (χ3v) is 7.03. The van der Waals surface area contributed by atoms with Gasteiger partial charge in [0, 0.05) is 32.4 Å². The second-order valence-electron chi connectivity index (χ2n) is 5.69. The first-order valence-electron chi connectivity index (χ1n) is 7.32. The van der Waals surface area contributed by atoms with Crippen molar-refractivity contribution in [2.24, 2.45) is 0 Å². The lowest BCUT2D eigenvalue weighted by atomic mass is 10.1. The topological polar surface area (TPSA) is 12.5 Å². The summed E-state index contributed by atoms with van der Waals surface area (Å²) in [5.74, 6) is 0.927. The van der Waals surface area contributed by atoms with E-state index >= 15 is 0 Å². The Bertz CT molecular complexity index is 836. The van der Waals surface area contributed by atoms with Gasteiger partial charge in [0.1, 0.15) is 5.75 Å². The molecule has 4 rings (SSSR count). The molecule has 1 unspecified atom stereocenters. The van der Waals surface area contributed by atoms with Crippen LogP contribution in [0.4, 0.5) is 5.69 Å². The van der Waals surface area contributed by atoms with Gasteiger partial charge in [-0.3, -0.25) is 0 Å². The van der Waals surface area contributed by atoms with Crippen molar-refractivity contribution in [2.45, 2.75) is 21.8 Å². The molecule has 0 bridgehead atoms. The minimum Gasteiger partial charge on any atom is -0.454 e. The zero-order chi connectivity index (χ0) is 16.2. The smallest absolute Gasteiger partial charge is 0.258 e. The van der Waals surface area contributed by atoms with Crippen LogP contribution in [0.1, 0.15) is 12.5 Å². The molecule has 2 heterocycles. The van der Waals surface area contributed by atoms with Crippen LogP contribution in [0, 0.1) is 0 Å². The quantitative estimate of drug-likeness (QED) is 0.550. The Hall–Kier alpha value is -1.04. The highest BCUT2D eigenvalue weighted by Gasteiger charge is 2.48. The summed E-state index contributed by atoms with van der Waals surface area (Å²) >= 11 is 7.09. The zero-order valence-corrected chi connectivity index (χ0v) is 16.3. The molecule has 2 aromatic rings. The molecule has 0 amide bonds. The zero-order valence-electron chi connectivity index (χ0n) is 13.1. The lowest BCUT2D eigenvalue weighted by molar-refractivity contribution is 0.202. The van der Waals surface area contributed by atoms with Gasteiger partial charge in [0.2, 0.25) is 0 Å². The number of anilines is 1. The molecule has 118 valence electrons. The second-order valence-corrected chi connectivity index (χ2v) is 8.68. The highest BCUT2D eigenvalue weighted by molar-refractivity contribution is 9.10. The number of ether oxygens (including phenoxy) is 1. The molecule has 1 spiro atoms. The van der Waals surface area contributed by atoms with Crippen molar-refractivity contribution in [1.29, 1.82) is 0 Å². The van der Waals surface area contributed by atoms with Gasteiger partial charge in [-0.25, -0.2) is 0 Å². The standard InChI is InChI=1S/C18H16BrNOS2/c1-11-8-12-9-13(19)4-7-16(12)21-18(11)20(2)15-6-5-14(22-3)10-17(15)23-18/h4-10H,1-3H3. The van der Waals surface area contributed by atoms with Gasteiger partial charge in [-0.1, -0.05) is 15.9 Å². The predicted molar refractivity (Wildman–Crippen MR) is 104 cm³/mol. The average Bonchev–Trinajstić information content (AvgIpc) is 2.81. The monoisotopic (exact) mass is 405 g/mol. The van der Waals surface area contributed by atoms with Crippen LogP contribution in [0.3, 0.4) is 0 Å². The van der Waals surface area contributed by atoms with E-state index in [0.717, 1.165) is 15.8 Å². The van der Waals surface area contributed by atoms with E-state index in [1.807, 2.05) is 12.1 Å².